The monoisotopic (exact) mass is 344 g/mol. The van der Waals surface area contributed by atoms with E-state index < -0.39 is 0 Å². The highest BCUT2D eigenvalue weighted by molar-refractivity contribution is 5.78. The van der Waals surface area contributed by atoms with Gasteiger partial charge in [0, 0.05) is 25.4 Å². The van der Waals surface area contributed by atoms with Gasteiger partial charge < -0.3 is 15.4 Å². The summed E-state index contributed by atoms with van der Waals surface area (Å²) in [5.74, 6) is -0.226. The molecule has 0 radical (unpaired) electrons. The summed E-state index contributed by atoms with van der Waals surface area (Å²) in [5.41, 5.74) is 8.06. The molecule has 1 amide bonds. The second-order valence-corrected chi connectivity index (χ2v) is 6.07. The number of hydrogen-bond donors (Lipinski definition) is 1. The number of nitrogens with zero attached hydrogens (tertiary/aromatic N) is 3. The van der Waals surface area contributed by atoms with Gasteiger partial charge in [0.2, 0.25) is 11.9 Å². The van der Waals surface area contributed by atoms with Gasteiger partial charge in [-0.05, 0) is 37.0 Å². The predicted octanol–water partition coefficient (Wildman–Crippen LogP) is 2.56. The van der Waals surface area contributed by atoms with Crippen LogP contribution in [-0.4, -0.2) is 41.0 Å². The van der Waals surface area contributed by atoms with Crippen molar-refractivity contribution in [2.24, 2.45) is 0 Å². The van der Waals surface area contributed by atoms with Crippen molar-refractivity contribution in [3.05, 3.63) is 42.0 Å². The molecule has 0 saturated carbocycles. The van der Waals surface area contributed by atoms with E-state index in [2.05, 4.69) is 9.97 Å². The number of nitrogen functional groups attached to an aromatic ring is 1. The zero-order valence-corrected chi connectivity index (χ0v) is 14.1. The molecule has 1 aliphatic heterocycles. The SMILES string of the molecule is COCC(=O)N1CCCC[C@@H]1c1nc(N)ncc1-c1ccc(F)cc1. The van der Waals surface area contributed by atoms with E-state index in [0.717, 1.165) is 30.4 Å². The molecule has 1 saturated heterocycles. The van der Waals surface area contributed by atoms with Crippen LogP contribution in [0.4, 0.5) is 10.3 Å². The van der Waals surface area contributed by atoms with Gasteiger partial charge in [-0.15, -0.1) is 0 Å². The largest absolute Gasteiger partial charge is 0.375 e. The lowest BCUT2D eigenvalue weighted by molar-refractivity contribution is -0.139. The molecule has 132 valence electrons. The Morgan fingerprint density at radius 2 is 2.12 bits per heavy atom. The number of anilines is 1. The third-order valence-electron chi connectivity index (χ3n) is 4.40. The van der Waals surface area contributed by atoms with Crippen LogP contribution in [0.2, 0.25) is 0 Å². The van der Waals surface area contributed by atoms with Crippen LogP contribution in [0.5, 0.6) is 0 Å². The minimum atomic E-state index is -0.309. The first-order chi connectivity index (χ1) is 12.1. The Labute approximate surface area is 145 Å². The Hall–Kier alpha value is -2.54. The molecule has 6 nitrogen and oxygen atoms in total. The predicted molar refractivity (Wildman–Crippen MR) is 92.0 cm³/mol. The smallest absolute Gasteiger partial charge is 0.249 e. The number of halogens is 1. The van der Waals surface area contributed by atoms with E-state index in [1.54, 1.807) is 23.2 Å². The molecule has 1 fully saturated rings. The van der Waals surface area contributed by atoms with Gasteiger partial charge in [-0.25, -0.2) is 14.4 Å². The number of ether oxygens (including phenoxy) is 1. The van der Waals surface area contributed by atoms with E-state index in [1.165, 1.54) is 19.2 Å². The van der Waals surface area contributed by atoms with E-state index in [4.69, 9.17) is 10.5 Å². The third kappa shape index (κ3) is 3.76. The lowest BCUT2D eigenvalue weighted by Crippen LogP contribution is -2.41. The van der Waals surface area contributed by atoms with Crippen LogP contribution in [0.1, 0.15) is 31.0 Å². The van der Waals surface area contributed by atoms with Gasteiger partial charge in [-0.1, -0.05) is 12.1 Å². The fourth-order valence-electron chi connectivity index (χ4n) is 3.24. The first kappa shape index (κ1) is 17.3. The molecule has 1 atom stereocenters. The van der Waals surface area contributed by atoms with Crippen molar-refractivity contribution in [2.45, 2.75) is 25.3 Å². The van der Waals surface area contributed by atoms with Crippen LogP contribution < -0.4 is 5.73 Å². The van der Waals surface area contributed by atoms with Crippen molar-refractivity contribution < 1.29 is 13.9 Å². The number of methoxy groups -OCH3 is 1. The minimum absolute atomic E-state index is 0.0307. The highest BCUT2D eigenvalue weighted by Crippen LogP contribution is 2.36. The number of hydrogen-bond acceptors (Lipinski definition) is 5. The Morgan fingerprint density at radius 1 is 1.36 bits per heavy atom. The number of likely N-dealkylation sites (tertiary alicyclic amines) is 1. The Kier molecular flexibility index (Phi) is 5.23. The third-order valence-corrected chi connectivity index (χ3v) is 4.40. The first-order valence-corrected chi connectivity index (χ1v) is 8.27. The topological polar surface area (TPSA) is 81.3 Å². The molecule has 1 aromatic heterocycles. The molecule has 0 aliphatic carbocycles. The summed E-state index contributed by atoms with van der Waals surface area (Å²) in [5, 5.41) is 0. The van der Waals surface area contributed by atoms with Gasteiger partial charge in [0.05, 0.1) is 11.7 Å². The maximum Gasteiger partial charge on any atom is 0.249 e. The van der Waals surface area contributed by atoms with E-state index in [-0.39, 0.29) is 30.3 Å². The number of nitrogens with two attached hydrogens (primary N) is 1. The van der Waals surface area contributed by atoms with Gasteiger partial charge in [0.25, 0.3) is 0 Å². The van der Waals surface area contributed by atoms with Crippen molar-refractivity contribution in [3.63, 3.8) is 0 Å². The molecule has 25 heavy (non-hydrogen) atoms. The molecule has 7 heteroatoms. The van der Waals surface area contributed by atoms with Crippen LogP contribution in [-0.2, 0) is 9.53 Å². The van der Waals surface area contributed by atoms with Crippen LogP contribution >= 0.6 is 0 Å². The van der Waals surface area contributed by atoms with E-state index in [1.807, 2.05) is 0 Å². The van der Waals surface area contributed by atoms with Crippen molar-refractivity contribution in [1.82, 2.24) is 14.9 Å². The number of rotatable bonds is 4. The lowest BCUT2D eigenvalue weighted by atomic mass is 9.93. The van der Waals surface area contributed by atoms with E-state index in [0.29, 0.717) is 12.2 Å². The van der Waals surface area contributed by atoms with E-state index in [9.17, 15) is 9.18 Å². The minimum Gasteiger partial charge on any atom is -0.375 e. The van der Waals surface area contributed by atoms with Gasteiger partial charge in [0.1, 0.15) is 12.4 Å². The molecule has 1 aliphatic rings. The molecular weight excluding hydrogens is 323 g/mol. The number of carbonyl (C=O) groups excluding carboxylic acids is 1. The molecule has 0 bridgehead atoms. The molecule has 0 unspecified atom stereocenters. The lowest BCUT2D eigenvalue weighted by Gasteiger charge is -2.36. The maximum atomic E-state index is 13.3. The number of amides is 1. The maximum absolute atomic E-state index is 13.3. The molecule has 0 spiro atoms. The number of carbonyl (C=O) groups is 1. The zero-order valence-electron chi connectivity index (χ0n) is 14.1. The van der Waals surface area contributed by atoms with Crippen LogP contribution in [0.25, 0.3) is 11.1 Å². The summed E-state index contributed by atoms with van der Waals surface area (Å²) in [6, 6.07) is 5.95. The van der Waals surface area contributed by atoms with E-state index >= 15 is 0 Å². The molecule has 2 heterocycles. The van der Waals surface area contributed by atoms with Crippen molar-refractivity contribution in [3.8, 4) is 11.1 Å². The Bertz CT molecular complexity index is 751. The van der Waals surface area contributed by atoms with Crippen LogP contribution in [0.3, 0.4) is 0 Å². The summed E-state index contributed by atoms with van der Waals surface area (Å²) in [6.45, 7) is 0.683. The van der Waals surface area contributed by atoms with Gasteiger partial charge in [-0.3, -0.25) is 4.79 Å². The van der Waals surface area contributed by atoms with Gasteiger partial charge >= 0.3 is 0 Å². The fraction of sp³-hybridized carbons (Fsp3) is 0.389. The molecule has 2 aromatic rings. The van der Waals surface area contributed by atoms with Gasteiger partial charge in [-0.2, -0.15) is 0 Å². The van der Waals surface area contributed by atoms with Crippen LogP contribution in [0, 0.1) is 5.82 Å². The molecule has 2 N–H and O–H groups in total. The normalized spacial score (nSPS) is 17.5. The molecular formula is C18H21FN4O2. The van der Waals surface area contributed by atoms with Crippen LogP contribution in [0.15, 0.2) is 30.5 Å². The second-order valence-electron chi connectivity index (χ2n) is 6.07. The summed E-state index contributed by atoms with van der Waals surface area (Å²) < 4.78 is 18.3. The van der Waals surface area contributed by atoms with Crippen molar-refractivity contribution in [2.75, 3.05) is 26.0 Å². The first-order valence-electron chi connectivity index (χ1n) is 8.27. The van der Waals surface area contributed by atoms with Gasteiger partial charge in [0.15, 0.2) is 0 Å². The fourth-order valence-corrected chi connectivity index (χ4v) is 3.24. The zero-order chi connectivity index (χ0) is 17.8. The second kappa shape index (κ2) is 7.57. The molecule has 1 aromatic carbocycles. The number of piperidine rings is 1. The number of benzene rings is 1. The highest BCUT2D eigenvalue weighted by atomic mass is 19.1. The summed E-state index contributed by atoms with van der Waals surface area (Å²) >= 11 is 0. The van der Waals surface area contributed by atoms with Crippen molar-refractivity contribution in [1.29, 1.82) is 0 Å². The Morgan fingerprint density at radius 3 is 2.84 bits per heavy atom. The standard InChI is InChI=1S/C18H21FN4O2/c1-25-11-16(24)23-9-3-2-4-15(23)17-14(10-21-18(20)22-17)12-5-7-13(19)8-6-12/h5-8,10,15H,2-4,9,11H2,1H3,(H2,20,21,22)/t15-/m1/s1. The average Bonchev–Trinajstić information content (AvgIpc) is 2.63. The average molecular weight is 344 g/mol. The summed E-state index contributed by atoms with van der Waals surface area (Å²) in [7, 11) is 1.50. The van der Waals surface area contributed by atoms with Crippen molar-refractivity contribution >= 4 is 11.9 Å². The number of aromatic nitrogens is 2. The summed E-state index contributed by atoms with van der Waals surface area (Å²) in [4.78, 5) is 22.7. The summed E-state index contributed by atoms with van der Waals surface area (Å²) in [6.07, 6.45) is 4.37. The Balaban J connectivity index is 2.03. The highest BCUT2D eigenvalue weighted by Gasteiger charge is 2.31. The quantitative estimate of drug-likeness (QED) is 0.922. The molecule has 3 rings (SSSR count).